The monoisotopic (exact) mass is 375 g/mol. The van der Waals surface area contributed by atoms with Crippen LogP contribution in [0.1, 0.15) is 12.5 Å². The molecule has 8 heteroatoms. The van der Waals surface area contributed by atoms with Crippen molar-refractivity contribution in [2.45, 2.75) is 19.5 Å². The summed E-state index contributed by atoms with van der Waals surface area (Å²) in [5.41, 5.74) is 0.365. The Morgan fingerprint density at radius 3 is 2.48 bits per heavy atom. The first-order valence-corrected chi connectivity index (χ1v) is 8.90. The zero-order chi connectivity index (χ0) is 19.4. The Kier molecular flexibility index (Phi) is 5.95. The molecule has 0 aliphatic carbocycles. The fraction of sp³-hybridized carbons (Fsp3) is 0.421. The number of hydrogen-bond donors (Lipinski definition) is 0. The Balaban J connectivity index is 1.55. The molecule has 0 bridgehead atoms. The van der Waals surface area contributed by atoms with Gasteiger partial charge in [-0.3, -0.25) is 9.69 Å². The first kappa shape index (κ1) is 19.2. The van der Waals surface area contributed by atoms with Crippen LogP contribution in [0.3, 0.4) is 0 Å². The molecule has 1 fully saturated rings. The molecule has 1 saturated heterocycles. The smallest absolute Gasteiger partial charge is 0.239 e. The van der Waals surface area contributed by atoms with Crippen LogP contribution >= 0.6 is 0 Å². The van der Waals surface area contributed by atoms with Crippen LogP contribution in [0.2, 0.25) is 0 Å². The Labute approximate surface area is 157 Å². The van der Waals surface area contributed by atoms with Crippen molar-refractivity contribution < 1.29 is 13.6 Å². The summed E-state index contributed by atoms with van der Waals surface area (Å²) in [4.78, 5) is 26.9. The van der Waals surface area contributed by atoms with E-state index in [-0.39, 0.29) is 12.5 Å². The third kappa shape index (κ3) is 4.57. The maximum absolute atomic E-state index is 13.9. The van der Waals surface area contributed by atoms with E-state index in [0.717, 1.165) is 6.07 Å². The minimum absolute atomic E-state index is 0.00588. The molecule has 2 aromatic rings. The number of rotatable bonds is 5. The number of aromatic nitrogens is 2. The maximum Gasteiger partial charge on any atom is 0.239 e. The van der Waals surface area contributed by atoms with Crippen LogP contribution in [-0.4, -0.2) is 64.9 Å². The Hall–Kier alpha value is -2.61. The number of piperazine rings is 1. The zero-order valence-electron chi connectivity index (χ0n) is 15.5. The van der Waals surface area contributed by atoms with E-state index >= 15 is 0 Å². The third-order valence-corrected chi connectivity index (χ3v) is 4.88. The van der Waals surface area contributed by atoms with Crippen LogP contribution in [0.5, 0.6) is 0 Å². The summed E-state index contributed by atoms with van der Waals surface area (Å²) >= 11 is 0. The molecule has 0 N–H and O–H groups in total. The van der Waals surface area contributed by atoms with Crippen molar-refractivity contribution in [2.24, 2.45) is 0 Å². The molecule has 27 heavy (non-hydrogen) atoms. The van der Waals surface area contributed by atoms with Crippen LogP contribution in [0.15, 0.2) is 36.7 Å². The topological polar surface area (TPSA) is 52.6 Å². The molecular formula is C19H23F2N5O. The van der Waals surface area contributed by atoms with Crippen LogP contribution in [0.25, 0.3) is 0 Å². The first-order valence-electron chi connectivity index (χ1n) is 8.90. The van der Waals surface area contributed by atoms with E-state index in [4.69, 9.17) is 0 Å². The molecule has 1 aliphatic rings. The molecule has 2 heterocycles. The minimum Gasteiger partial charge on any atom is -0.338 e. The summed E-state index contributed by atoms with van der Waals surface area (Å²) in [6.45, 7) is 4.53. The Bertz CT molecular complexity index is 781. The molecule has 1 unspecified atom stereocenters. The molecule has 1 amide bonds. The SMILES string of the molecule is CC(C(=O)N1CCN(c2ncccn2)CC1)N(C)Cc1ccc(F)cc1F. The lowest BCUT2D eigenvalue weighted by Crippen LogP contribution is -2.53. The molecular weight excluding hydrogens is 352 g/mol. The van der Waals surface area contributed by atoms with Crippen molar-refractivity contribution in [2.75, 3.05) is 38.1 Å². The highest BCUT2D eigenvalue weighted by molar-refractivity contribution is 5.81. The largest absolute Gasteiger partial charge is 0.338 e. The van der Waals surface area contributed by atoms with E-state index in [1.54, 1.807) is 37.3 Å². The van der Waals surface area contributed by atoms with Crippen LogP contribution in [0, 0.1) is 11.6 Å². The van der Waals surface area contributed by atoms with Gasteiger partial charge in [-0.2, -0.15) is 0 Å². The maximum atomic E-state index is 13.9. The summed E-state index contributed by atoms with van der Waals surface area (Å²) < 4.78 is 26.9. The number of nitrogens with zero attached hydrogens (tertiary/aromatic N) is 5. The number of carbonyl (C=O) groups is 1. The number of anilines is 1. The molecule has 0 radical (unpaired) electrons. The highest BCUT2D eigenvalue weighted by Gasteiger charge is 2.28. The van der Waals surface area contributed by atoms with Gasteiger partial charge in [-0.1, -0.05) is 6.07 Å². The normalized spacial score (nSPS) is 15.9. The lowest BCUT2D eigenvalue weighted by Gasteiger charge is -2.37. The highest BCUT2D eigenvalue weighted by Crippen LogP contribution is 2.15. The second-order valence-corrected chi connectivity index (χ2v) is 6.69. The summed E-state index contributed by atoms with van der Waals surface area (Å²) in [6.07, 6.45) is 3.40. The van der Waals surface area contributed by atoms with Gasteiger partial charge < -0.3 is 9.80 Å². The van der Waals surface area contributed by atoms with E-state index in [1.807, 2.05) is 9.80 Å². The van der Waals surface area contributed by atoms with Gasteiger partial charge in [0.05, 0.1) is 6.04 Å². The molecule has 1 atom stereocenters. The molecule has 1 aliphatic heterocycles. The van der Waals surface area contributed by atoms with Crippen molar-refractivity contribution >= 4 is 11.9 Å². The molecule has 3 rings (SSSR count). The van der Waals surface area contributed by atoms with Gasteiger partial charge in [0.1, 0.15) is 11.6 Å². The van der Waals surface area contributed by atoms with Gasteiger partial charge in [0, 0.05) is 56.7 Å². The van der Waals surface area contributed by atoms with Crippen molar-refractivity contribution in [1.82, 2.24) is 19.8 Å². The summed E-state index contributed by atoms with van der Waals surface area (Å²) in [7, 11) is 1.76. The van der Waals surface area contributed by atoms with E-state index in [9.17, 15) is 13.6 Å². The van der Waals surface area contributed by atoms with E-state index in [2.05, 4.69) is 9.97 Å². The number of carbonyl (C=O) groups excluding carboxylic acids is 1. The van der Waals surface area contributed by atoms with Crippen molar-refractivity contribution in [1.29, 1.82) is 0 Å². The number of halogens is 2. The molecule has 1 aromatic heterocycles. The predicted octanol–water partition coefficient (Wildman–Crippen LogP) is 1.92. The lowest BCUT2D eigenvalue weighted by atomic mass is 10.1. The summed E-state index contributed by atoms with van der Waals surface area (Å²) in [5.74, 6) is -0.545. The van der Waals surface area contributed by atoms with Crippen LogP contribution < -0.4 is 4.90 Å². The van der Waals surface area contributed by atoms with Gasteiger partial charge >= 0.3 is 0 Å². The first-order chi connectivity index (χ1) is 13.0. The Morgan fingerprint density at radius 2 is 1.85 bits per heavy atom. The fourth-order valence-corrected chi connectivity index (χ4v) is 3.09. The zero-order valence-corrected chi connectivity index (χ0v) is 15.5. The molecule has 0 spiro atoms. The van der Waals surface area contributed by atoms with E-state index in [0.29, 0.717) is 37.7 Å². The number of benzene rings is 1. The quantitative estimate of drug-likeness (QED) is 0.799. The number of hydrogen-bond acceptors (Lipinski definition) is 5. The number of likely N-dealkylation sites (N-methyl/N-ethyl adjacent to an activating group) is 1. The average molecular weight is 375 g/mol. The van der Waals surface area contributed by atoms with Crippen molar-refractivity contribution in [3.05, 3.63) is 53.9 Å². The Morgan fingerprint density at radius 1 is 1.19 bits per heavy atom. The molecule has 0 saturated carbocycles. The summed E-state index contributed by atoms with van der Waals surface area (Å²) in [5, 5.41) is 0. The second-order valence-electron chi connectivity index (χ2n) is 6.69. The van der Waals surface area contributed by atoms with Gasteiger partial charge in [0.2, 0.25) is 11.9 Å². The molecule has 1 aromatic carbocycles. The van der Waals surface area contributed by atoms with E-state index < -0.39 is 17.7 Å². The average Bonchev–Trinajstić information content (AvgIpc) is 2.69. The van der Waals surface area contributed by atoms with Gasteiger partial charge in [0.25, 0.3) is 0 Å². The number of amides is 1. The van der Waals surface area contributed by atoms with Gasteiger partial charge in [-0.25, -0.2) is 18.7 Å². The van der Waals surface area contributed by atoms with Crippen LogP contribution in [-0.2, 0) is 11.3 Å². The van der Waals surface area contributed by atoms with E-state index in [1.165, 1.54) is 12.1 Å². The molecule has 6 nitrogen and oxygen atoms in total. The lowest BCUT2D eigenvalue weighted by molar-refractivity contribution is -0.136. The highest BCUT2D eigenvalue weighted by atomic mass is 19.1. The minimum atomic E-state index is -0.608. The van der Waals surface area contributed by atoms with Crippen molar-refractivity contribution in [3.63, 3.8) is 0 Å². The van der Waals surface area contributed by atoms with Gasteiger partial charge in [-0.15, -0.1) is 0 Å². The molecule has 144 valence electrons. The van der Waals surface area contributed by atoms with Crippen molar-refractivity contribution in [3.8, 4) is 0 Å². The standard InChI is InChI=1S/C19H23F2N5O/c1-14(24(2)13-15-4-5-16(20)12-17(15)21)18(27)25-8-10-26(11-9-25)19-22-6-3-7-23-19/h3-7,12,14H,8-11,13H2,1-2H3. The van der Waals surface area contributed by atoms with Gasteiger partial charge in [-0.05, 0) is 26.1 Å². The van der Waals surface area contributed by atoms with Gasteiger partial charge in [0.15, 0.2) is 0 Å². The van der Waals surface area contributed by atoms with Crippen LogP contribution in [0.4, 0.5) is 14.7 Å². The predicted molar refractivity (Wildman–Crippen MR) is 98.1 cm³/mol. The fourth-order valence-electron chi connectivity index (χ4n) is 3.09. The third-order valence-electron chi connectivity index (χ3n) is 4.88. The second kappa shape index (κ2) is 8.39. The summed E-state index contributed by atoms with van der Waals surface area (Å²) in [6, 6.07) is 4.86.